The van der Waals surface area contributed by atoms with Gasteiger partial charge in [-0.05, 0) is 38.0 Å². The van der Waals surface area contributed by atoms with Gasteiger partial charge in [0.2, 0.25) is 0 Å². The quantitative estimate of drug-likeness (QED) is 0.617. The summed E-state index contributed by atoms with van der Waals surface area (Å²) in [5, 5.41) is 0. The van der Waals surface area contributed by atoms with Crippen LogP contribution < -0.4 is 10.5 Å². The van der Waals surface area contributed by atoms with Crippen molar-refractivity contribution in [3.8, 4) is 5.75 Å². The van der Waals surface area contributed by atoms with Crippen LogP contribution in [-0.2, 0) is 6.42 Å². The lowest BCUT2D eigenvalue weighted by Gasteiger charge is -2.09. The molecular weight excluding hydrogens is 162 g/mol. The molecule has 0 spiro atoms. The molecule has 0 saturated carbocycles. The van der Waals surface area contributed by atoms with Gasteiger partial charge in [0.1, 0.15) is 11.9 Å². The minimum atomic E-state index is 0.300. The van der Waals surface area contributed by atoms with E-state index in [1.165, 1.54) is 11.1 Å². The molecule has 1 heterocycles. The van der Waals surface area contributed by atoms with Crippen LogP contribution in [0.5, 0.6) is 5.75 Å². The summed E-state index contributed by atoms with van der Waals surface area (Å²) in [6.07, 6.45) is 1.29. The van der Waals surface area contributed by atoms with Gasteiger partial charge in [-0.25, -0.2) is 0 Å². The van der Waals surface area contributed by atoms with E-state index in [1.807, 2.05) is 13.0 Å². The predicted molar refractivity (Wildman–Crippen MR) is 54.1 cm³/mol. The molecule has 1 aromatic carbocycles. The summed E-state index contributed by atoms with van der Waals surface area (Å²) in [5.74, 6) is 1.05. The van der Waals surface area contributed by atoms with Crippen LogP contribution in [0.1, 0.15) is 23.6 Å². The minimum Gasteiger partial charge on any atom is -0.490 e. The maximum atomic E-state index is 5.88. The van der Waals surface area contributed by atoms with Gasteiger partial charge >= 0.3 is 0 Å². The number of nitrogens with two attached hydrogens (primary N) is 1. The Kier molecular flexibility index (Phi) is 1.72. The van der Waals surface area contributed by atoms with Gasteiger partial charge in [-0.15, -0.1) is 0 Å². The zero-order valence-corrected chi connectivity index (χ0v) is 8.35. The zero-order valence-electron chi connectivity index (χ0n) is 8.35. The summed E-state index contributed by atoms with van der Waals surface area (Å²) in [5.41, 5.74) is 10.4. The molecule has 0 radical (unpaired) electrons. The maximum absolute atomic E-state index is 5.88. The van der Waals surface area contributed by atoms with Crippen molar-refractivity contribution < 1.29 is 4.74 Å². The molecule has 1 aromatic rings. The van der Waals surface area contributed by atoms with E-state index in [4.69, 9.17) is 10.5 Å². The van der Waals surface area contributed by atoms with Gasteiger partial charge in [0.05, 0.1) is 0 Å². The maximum Gasteiger partial charge on any atom is 0.126 e. The first-order valence-electron chi connectivity index (χ1n) is 4.65. The first kappa shape index (κ1) is 8.42. The second kappa shape index (κ2) is 2.66. The Morgan fingerprint density at radius 1 is 1.46 bits per heavy atom. The highest BCUT2D eigenvalue weighted by Crippen LogP contribution is 2.37. The molecule has 2 N–H and O–H groups in total. The fourth-order valence-electron chi connectivity index (χ4n) is 1.93. The predicted octanol–water partition coefficient (Wildman–Crippen LogP) is 2.21. The van der Waals surface area contributed by atoms with Gasteiger partial charge in [0.15, 0.2) is 0 Å². The van der Waals surface area contributed by atoms with Crippen LogP contribution >= 0.6 is 0 Å². The van der Waals surface area contributed by atoms with E-state index in [-0.39, 0.29) is 0 Å². The molecule has 2 heteroatoms. The van der Waals surface area contributed by atoms with Crippen LogP contribution in [-0.4, -0.2) is 6.10 Å². The Hall–Kier alpha value is -1.18. The molecule has 13 heavy (non-hydrogen) atoms. The molecule has 0 aromatic heterocycles. The van der Waals surface area contributed by atoms with E-state index in [2.05, 4.69) is 13.8 Å². The number of anilines is 1. The third kappa shape index (κ3) is 1.17. The van der Waals surface area contributed by atoms with E-state index >= 15 is 0 Å². The van der Waals surface area contributed by atoms with Crippen LogP contribution in [0.4, 0.5) is 5.69 Å². The van der Waals surface area contributed by atoms with Crippen molar-refractivity contribution in [3.05, 3.63) is 22.8 Å². The normalized spacial score (nSPS) is 19.8. The number of hydrogen-bond acceptors (Lipinski definition) is 2. The summed E-state index contributed by atoms with van der Waals surface area (Å²) >= 11 is 0. The van der Waals surface area contributed by atoms with Crippen molar-refractivity contribution >= 4 is 5.69 Å². The van der Waals surface area contributed by atoms with Crippen molar-refractivity contribution in [3.63, 3.8) is 0 Å². The Labute approximate surface area is 78.7 Å². The van der Waals surface area contributed by atoms with Crippen LogP contribution in [0.25, 0.3) is 0 Å². The number of aryl methyl sites for hydroxylation is 1. The lowest BCUT2D eigenvalue weighted by atomic mass is 10.00. The average Bonchev–Trinajstić information content (AvgIpc) is 2.44. The first-order valence-corrected chi connectivity index (χ1v) is 4.65. The van der Waals surface area contributed by atoms with E-state index in [0.717, 1.165) is 23.4 Å². The van der Waals surface area contributed by atoms with Crippen molar-refractivity contribution in [2.24, 2.45) is 0 Å². The molecule has 2 rings (SSSR count). The third-order valence-electron chi connectivity index (χ3n) is 2.70. The largest absolute Gasteiger partial charge is 0.490 e. The van der Waals surface area contributed by atoms with Crippen LogP contribution in [0.2, 0.25) is 0 Å². The number of hydrogen-bond donors (Lipinski definition) is 1. The summed E-state index contributed by atoms with van der Waals surface area (Å²) in [4.78, 5) is 0. The molecule has 1 aliphatic heterocycles. The van der Waals surface area contributed by atoms with Crippen molar-refractivity contribution in [2.45, 2.75) is 33.3 Å². The topological polar surface area (TPSA) is 35.2 Å². The monoisotopic (exact) mass is 177 g/mol. The second-order valence-corrected chi connectivity index (χ2v) is 3.85. The highest BCUT2D eigenvalue weighted by atomic mass is 16.5. The van der Waals surface area contributed by atoms with E-state index in [0.29, 0.717) is 6.10 Å². The summed E-state index contributed by atoms with van der Waals surface area (Å²) in [6, 6.07) is 1.99. The Morgan fingerprint density at radius 3 is 2.85 bits per heavy atom. The van der Waals surface area contributed by atoms with Crippen LogP contribution in [0.15, 0.2) is 6.07 Å². The molecule has 0 saturated heterocycles. The van der Waals surface area contributed by atoms with Crippen LogP contribution in [0, 0.1) is 13.8 Å². The molecule has 0 amide bonds. The van der Waals surface area contributed by atoms with E-state index in [1.54, 1.807) is 0 Å². The average molecular weight is 177 g/mol. The van der Waals surface area contributed by atoms with Crippen LogP contribution in [0.3, 0.4) is 0 Å². The Morgan fingerprint density at radius 2 is 2.15 bits per heavy atom. The Balaban J connectivity index is 2.62. The van der Waals surface area contributed by atoms with Gasteiger partial charge < -0.3 is 10.5 Å². The highest BCUT2D eigenvalue weighted by Gasteiger charge is 2.23. The molecule has 0 aliphatic carbocycles. The second-order valence-electron chi connectivity index (χ2n) is 3.85. The minimum absolute atomic E-state index is 0.300. The number of rotatable bonds is 0. The number of nitrogen functional groups attached to an aromatic ring is 1. The molecule has 70 valence electrons. The van der Waals surface area contributed by atoms with Gasteiger partial charge in [0, 0.05) is 17.7 Å². The van der Waals surface area contributed by atoms with E-state index < -0.39 is 0 Å². The standard InChI is InChI=1S/C11H15NO/c1-6-4-10(12)8(3)9-5-7(2)13-11(6)9/h4,7H,5,12H2,1-3H3. The lowest BCUT2D eigenvalue weighted by molar-refractivity contribution is 0.253. The number of fused-ring (bicyclic) bond motifs is 1. The molecule has 0 bridgehead atoms. The fraction of sp³-hybridized carbons (Fsp3) is 0.455. The molecular formula is C11H15NO. The molecule has 1 unspecified atom stereocenters. The molecule has 2 nitrogen and oxygen atoms in total. The van der Waals surface area contributed by atoms with Gasteiger partial charge in [-0.3, -0.25) is 0 Å². The SMILES string of the molecule is Cc1cc(N)c(C)c2c1OC(C)C2. The zero-order chi connectivity index (χ0) is 9.59. The fourth-order valence-corrected chi connectivity index (χ4v) is 1.93. The Bertz CT molecular complexity index is 358. The molecule has 1 aliphatic rings. The van der Waals surface area contributed by atoms with E-state index in [9.17, 15) is 0 Å². The summed E-state index contributed by atoms with van der Waals surface area (Å²) < 4.78 is 5.72. The molecule has 0 fully saturated rings. The first-order chi connectivity index (χ1) is 6.09. The van der Waals surface area contributed by atoms with Gasteiger partial charge in [0.25, 0.3) is 0 Å². The smallest absolute Gasteiger partial charge is 0.126 e. The van der Waals surface area contributed by atoms with Crippen molar-refractivity contribution in [1.29, 1.82) is 0 Å². The van der Waals surface area contributed by atoms with Gasteiger partial charge in [-0.1, -0.05) is 0 Å². The number of ether oxygens (including phenoxy) is 1. The number of benzene rings is 1. The lowest BCUT2D eigenvalue weighted by Crippen LogP contribution is -2.05. The summed E-state index contributed by atoms with van der Waals surface area (Å²) in [7, 11) is 0. The molecule has 1 atom stereocenters. The van der Waals surface area contributed by atoms with Gasteiger partial charge in [-0.2, -0.15) is 0 Å². The third-order valence-corrected chi connectivity index (χ3v) is 2.70. The van der Waals surface area contributed by atoms with Crippen molar-refractivity contribution in [1.82, 2.24) is 0 Å². The highest BCUT2D eigenvalue weighted by molar-refractivity contribution is 5.60. The van der Waals surface area contributed by atoms with Crippen molar-refractivity contribution in [2.75, 3.05) is 5.73 Å². The summed E-state index contributed by atoms with van der Waals surface area (Å²) in [6.45, 7) is 6.21.